The summed E-state index contributed by atoms with van der Waals surface area (Å²) in [6, 6.07) is 8.12. The summed E-state index contributed by atoms with van der Waals surface area (Å²) in [5.74, 6) is 0.228. The number of hydrogen-bond acceptors (Lipinski definition) is 4. The van der Waals surface area contributed by atoms with E-state index >= 15 is 0 Å². The first-order chi connectivity index (χ1) is 10.2. The van der Waals surface area contributed by atoms with E-state index < -0.39 is 0 Å². The van der Waals surface area contributed by atoms with Crippen LogP contribution in [0.15, 0.2) is 34.3 Å². The molecule has 3 rings (SSSR count). The molecule has 6 heteroatoms. The van der Waals surface area contributed by atoms with Crippen LogP contribution in [0.25, 0.3) is 0 Å². The van der Waals surface area contributed by atoms with Gasteiger partial charge in [-0.1, -0.05) is 29.8 Å². The van der Waals surface area contributed by atoms with Gasteiger partial charge in [-0.2, -0.15) is 0 Å². The number of thioether (sulfide) groups is 1. The fraction of sp³-hybridized carbons (Fsp3) is 0.467. The average molecular weight is 305 g/mol. The SMILES string of the molecule is NC(=NO)C1CCCC1NC(=O)C1Cc2ccccc2S1. The van der Waals surface area contributed by atoms with Crippen molar-refractivity contribution in [2.24, 2.45) is 16.8 Å². The van der Waals surface area contributed by atoms with Gasteiger partial charge in [0.1, 0.15) is 5.84 Å². The van der Waals surface area contributed by atoms with E-state index in [-0.39, 0.29) is 29.0 Å². The summed E-state index contributed by atoms with van der Waals surface area (Å²) >= 11 is 1.62. The molecule has 0 spiro atoms. The maximum Gasteiger partial charge on any atom is 0.234 e. The van der Waals surface area contributed by atoms with Crippen molar-refractivity contribution in [2.75, 3.05) is 0 Å². The fourth-order valence-corrected chi connectivity index (χ4v) is 4.37. The Kier molecular flexibility index (Phi) is 4.05. The minimum Gasteiger partial charge on any atom is -0.409 e. The molecule has 4 N–H and O–H groups in total. The number of carbonyl (C=O) groups is 1. The Morgan fingerprint density at radius 1 is 1.38 bits per heavy atom. The minimum atomic E-state index is -0.0732. The number of rotatable bonds is 3. The zero-order chi connectivity index (χ0) is 14.8. The maximum absolute atomic E-state index is 12.5. The highest BCUT2D eigenvalue weighted by Gasteiger charge is 2.35. The topological polar surface area (TPSA) is 87.7 Å². The number of amides is 1. The molecule has 3 unspecified atom stereocenters. The zero-order valence-corrected chi connectivity index (χ0v) is 12.5. The van der Waals surface area contributed by atoms with Gasteiger partial charge in [0.05, 0.1) is 5.25 Å². The summed E-state index contributed by atoms with van der Waals surface area (Å²) in [6.45, 7) is 0. The molecular weight excluding hydrogens is 286 g/mol. The van der Waals surface area contributed by atoms with Gasteiger partial charge in [-0.25, -0.2) is 0 Å². The lowest BCUT2D eigenvalue weighted by Gasteiger charge is -2.21. The van der Waals surface area contributed by atoms with Gasteiger partial charge >= 0.3 is 0 Å². The summed E-state index contributed by atoms with van der Waals surface area (Å²) in [5.41, 5.74) is 6.95. The number of oxime groups is 1. The lowest BCUT2D eigenvalue weighted by molar-refractivity contribution is -0.121. The molecule has 2 aliphatic rings. The molecule has 1 fully saturated rings. The molecule has 1 aliphatic carbocycles. The van der Waals surface area contributed by atoms with Gasteiger partial charge in [-0.05, 0) is 30.9 Å². The monoisotopic (exact) mass is 305 g/mol. The van der Waals surface area contributed by atoms with Crippen LogP contribution in [0, 0.1) is 5.92 Å². The highest BCUT2D eigenvalue weighted by Crippen LogP contribution is 2.37. The van der Waals surface area contributed by atoms with E-state index in [1.165, 1.54) is 10.5 Å². The van der Waals surface area contributed by atoms with Crippen molar-refractivity contribution in [2.45, 2.75) is 41.9 Å². The van der Waals surface area contributed by atoms with Gasteiger partial charge in [0.15, 0.2) is 0 Å². The molecule has 0 saturated heterocycles. The van der Waals surface area contributed by atoms with Crippen LogP contribution in [0.5, 0.6) is 0 Å². The van der Waals surface area contributed by atoms with Crippen molar-refractivity contribution in [1.82, 2.24) is 5.32 Å². The lowest BCUT2D eigenvalue weighted by Crippen LogP contribution is -2.45. The van der Waals surface area contributed by atoms with Gasteiger partial charge < -0.3 is 16.3 Å². The van der Waals surface area contributed by atoms with Crippen LogP contribution in [-0.2, 0) is 11.2 Å². The smallest absolute Gasteiger partial charge is 0.234 e. The summed E-state index contributed by atoms with van der Waals surface area (Å²) in [5, 5.41) is 14.9. The van der Waals surface area contributed by atoms with Crippen LogP contribution in [0.2, 0.25) is 0 Å². The quantitative estimate of drug-likeness (QED) is 0.343. The van der Waals surface area contributed by atoms with E-state index in [0.717, 1.165) is 25.7 Å². The predicted octanol–water partition coefficient (Wildman–Crippen LogP) is 1.73. The van der Waals surface area contributed by atoms with Crippen LogP contribution < -0.4 is 11.1 Å². The number of amidine groups is 1. The molecule has 21 heavy (non-hydrogen) atoms. The molecule has 0 bridgehead atoms. The van der Waals surface area contributed by atoms with E-state index in [4.69, 9.17) is 10.9 Å². The Bertz CT molecular complexity index is 551. The van der Waals surface area contributed by atoms with E-state index in [1.54, 1.807) is 11.8 Å². The van der Waals surface area contributed by atoms with Gasteiger partial charge in [0.25, 0.3) is 0 Å². The van der Waals surface area contributed by atoms with E-state index in [0.29, 0.717) is 0 Å². The number of hydrogen-bond donors (Lipinski definition) is 3. The van der Waals surface area contributed by atoms with E-state index in [2.05, 4.69) is 22.6 Å². The second-order valence-corrected chi connectivity index (χ2v) is 6.84. The Morgan fingerprint density at radius 2 is 2.19 bits per heavy atom. The second kappa shape index (κ2) is 5.97. The average Bonchev–Trinajstić information content (AvgIpc) is 3.12. The second-order valence-electron chi connectivity index (χ2n) is 5.60. The largest absolute Gasteiger partial charge is 0.409 e. The summed E-state index contributed by atoms with van der Waals surface area (Å²) in [6.07, 6.45) is 3.51. The summed E-state index contributed by atoms with van der Waals surface area (Å²) in [7, 11) is 0. The van der Waals surface area contributed by atoms with Crippen molar-refractivity contribution < 1.29 is 10.0 Å². The molecular formula is C15H19N3O2S. The van der Waals surface area contributed by atoms with Gasteiger partial charge in [0, 0.05) is 16.9 Å². The van der Waals surface area contributed by atoms with Crippen LogP contribution in [0.3, 0.4) is 0 Å². The molecule has 1 heterocycles. The highest BCUT2D eigenvalue weighted by atomic mass is 32.2. The van der Waals surface area contributed by atoms with Crippen LogP contribution in [0.1, 0.15) is 24.8 Å². The third-order valence-corrected chi connectivity index (χ3v) is 5.60. The Morgan fingerprint density at radius 3 is 2.95 bits per heavy atom. The van der Waals surface area contributed by atoms with Crippen molar-refractivity contribution in [1.29, 1.82) is 0 Å². The highest BCUT2D eigenvalue weighted by molar-refractivity contribution is 8.01. The van der Waals surface area contributed by atoms with E-state index in [1.807, 2.05) is 12.1 Å². The first-order valence-corrected chi connectivity index (χ1v) is 8.09. The minimum absolute atomic E-state index is 0.0160. The number of benzene rings is 1. The molecule has 0 aromatic heterocycles. The predicted molar refractivity (Wildman–Crippen MR) is 82.5 cm³/mol. The molecule has 5 nitrogen and oxygen atoms in total. The number of nitrogens with zero attached hydrogens (tertiary/aromatic N) is 1. The number of nitrogens with one attached hydrogen (secondary N) is 1. The first-order valence-electron chi connectivity index (χ1n) is 7.21. The van der Waals surface area contributed by atoms with Gasteiger partial charge in [-0.15, -0.1) is 11.8 Å². The van der Waals surface area contributed by atoms with Crippen molar-refractivity contribution >= 4 is 23.5 Å². The van der Waals surface area contributed by atoms with Crippen molar-refractivity contribution in [3.63, 3.8) is 0 Å². The molecule has 1 aliphatic heterocycles. The molecule has 0 radical (unpaired) electrons. The normalized spacial score (nSPS) is 28.4. The van der Waals surface area contributed by atoms with Crippen molar-refractivity contribution in [3.8, 4) is 0 Å². The Balaban J connectivity index is 1.63. The Labute approximate surface area is 128 Å². The van der Waals surface area contributed by atoms with Crippen molar-refractivity contribution in [3.05, 3.63) is 29.8 Å². The fourth-order valence-electron chi connectivity index (χ4n) is 3.16. The number of fused-ring (bicyclic) bond motifs is 1. The molecule has 1 amide bonds. The molecule has 112 valence electrons. The summed E-state index contributed by atoms with van der Waals surface area (Å²) < 4.78 is 0. The van der Waals surface area contributed by atoms with Gasteiger partial charge in [0.2, 0.25) is 5.91 Å². The van der Waals surface area contributed by atoms with Gasteiger partial charge in [-0.3, -0.25) is 4.79 Å². The maximum atomic E-state index is 12.5. The third kappa shape index (κ3) is 2.85. The van der Waals surface area contributed by atoms with E-state index in [9.17, 15) is 4.79 Å². The summed E-state index contributed by atoms with van der Waals surface area (Å²) in [4.78, 5) is 13.6. The molecule has 3 atom stereocenters. The number of carbonyl (C=O) groups excluding carboxylic acids is 1. The van der Waals surface area contributed by atoms with Crippen LogP contribution >= 0.6 is 11.8 Å². The van der Waals surface area contributed by atoms with Crippen LogP contribution in [0.4, 0.5) is 0 Å². The molecule has 1 saturated carbocycles. The lowest BCUT2D eigenvalue weighted by atomic mass is 10.0. The molecule has 1 aromatic rings. The van der Waals surface area contributed by atoms with Crippen LogP contribution in [-0.4, -0.2) is 28.2 Å². The zero-order valence-electron chi connectivity index (χ0n) is 11.7. The standard InChI is InChI=1S/C15H19N3O2S/c16-14(18-20)10-5-3-6-11(10)17-15(19)13-8-9-4-1-2-7-12(9)21-13/h1-2,4,7,10-11,13,20H,3,5-6,8H2,(H2,16,18)(H,17,19). The Hall–Kier alpha value is -1.69. The number of nitrogens with two attached hydrogens (primary N) is 1. The molecule has 1 aromatic carbocycles. The third-order valence-electron chi connectivity index (χ3n) is 4.28. The first kappa shape index (κ1) is 14.3.